The lowest BCUT2D eigenvalue weighted by atomic mass is 9.73. The van der Waals surface area contributed by atoms with Crippen molar-refractivity contribution >= 4 is 0 Å². The van der Waals surface area contributed by atoms with Crippen molar-refractivity contribution in [1.29, 1.82) is 0 Å². The maximum absolute atomic E-state index is 12.4. The fourth-order valence-electron chi connectivity index (χ4n) is 2.54. The zero-order valence-corrected chi connectivity index (χ0v) is 9.40. The first-order valence-corrected chi connectivity index (χ1v) is 5.58. The molecule has 0 atom stereocenters. The van der Waals surface area contributed by atoms with Crippen LogP contribution in [0, 0.1) is 11.8 Å². The van der Waals surface area contributed by atoms with Crippen molar-refractivity contribution in [3.8, 4) is 0 Å². The average Bonchev–Trinajstić information content (AvgIpc) is 2.00. The molecule has 1 fully saturated rings. The van der Waals surface area contributed by atoms with E-state index in [0.717, 1.165) is 6.42 Å². The third-order valence-electron chi connectivity index (χ3n) is 3.26. The molecule has 0 unspecified atom stereocenters. The molecule has 1 aliphatic rings. The molecule has 0 aromatic heterocycles. The topological polar surface area (TPSA) is 26.0 Å². The van der Waals surface area contributed by atoms with Crippen molar-refractivity contribution < 1.29 is 13.2 Å². The number of alkyl halides is 3. The second-order valence-electron chi connectivity index (χ2n) is 5.28. The van der Waals surface area contributed by atoms with Gasteiger partial charge in [0, 0.05) is 5.54 Å². The Kier molecular flexibility index (Phi) is 3.69. The fraction of sp³-hybridized carbons (Fsp3) is 1.00. The molecule has 0 aliphatic heterocycles. The molecule has 0 radical (unpaired) electrons. The van der Waals surface area contributed by atoms with Gasteiger partial charge in [-0.05, 0) is 38.0 Å². The van der Waals surface area contributed by atoms with Crippen molar-refractivity contribution in [3.05, 3.63) is 0 Å². The van der Waals surface area contributed by atoms with Gasteiger partial charge in [0.25, 0.3) is 0 Å². The Bertz CT molecular complexity index is 202. The normalized spacial score (nSPS) is 33.4. The van der Waals surface area contributed by atoms with Crippen molar-refractivity contribution in [2.24, 2.45) is 17.6 Å². The zero-order valence-electron chi connectivity index (χ0n) is 9.40. The van der Waals surface area contributed by atoms with Gasteiger partial charge in [0.15, 0.2) is 0 Å². The molecule has 1 nitrogen and oxygen atoms in total. The van der Waals surface area contributed by atoms with Gasteiger partial charge in [0.2, 0.25) is 0 Å². The molecule has 2 N–H and O–H groups in total. The first kappa shape index (κ1) is 12.8. The highest BCUT2D eigenvalue weighted by Crippen LogP contribution is 2.41. The number of halogens is 3. The van der Waals surface area contributed by atoms with Crippen LogP contribution in [0.15, 0.2) is 0 Å². The van der Waals surface area contributed by atoms with Crippen LogP contribution in [0.5, 0.6) is 0 Å². The Morgan fingerprint density at radius 2 is 1.73 bits per heavy atom. The van der Waals surface area contributed by atoms with Crippen LogP contribution < -0.4 is 5.73 Å². The van der Waals surface area contributed by atoms with Crippen LogP contribution >= 0.6 is 0 Å². The van der Waals surface area contributed by atoms with E-state index < -0.39 is 12.1 Å². The lowest BCUT2D eigenvalue weighted by molar-refractivity contribution is -0.184. The van der Waals surface area contributed by atoms with E-state index in [4.69, 9.17) is 5.73 Å². The second-order valence-corrected chi connectivity index (χ2v) is 5.28. The molecular formula is C11H20F3N. The van der Waals surface area contributed by atoms with E-state index in [1.807, 2.05) is 0 Å². The van der Waals surface area contributed by atoms with Crippen LogP contribution in [0.2, 0.25) is 0 Å². The lowest BCUT2D eigenvalue weighted by Crippen LogP contribution is -2.46. The van der Waals surface area contributed by atoms with Crippen LogP contribution in [0.3, 0.4) is 0 Å². The monoisotopic (exact) mass is 223 g/mol. The Balaban J connectivity index is 2.48. The summed E-state index contributed by atoms with van der Waals surface area (Å²) in [6, 6.07) is 0. The van der Waals surface area contributed by atoms with Gasteiger partial charge in [-0.1, -0.05) is 13.8 Å². The smallest absolute Gasteiger partial charge is 0.325 e. The largest absolute Gasteiger partial charge is 0.391 e. The lowest BCUT2D eigenvalue weighted by Gasteiger charge is -2.38. The van der Waals surface area contributed by atoms with E-state index in [1.54, 1.807) is 0 Å². The molecule has 0 bridgehead atoms. The summed E-state index contributed by atoms with van der Waals surface area (Å²) in [5, 5.41) is 0. The van der Waals surface area contributed by atoms with Crippen molar-refractivity contribution in [3.63, 3.8) is 0 Å². The summed E-state index contributed by atoms with van der Waals surface area (Å²) in [6.07, 6.45) is -1.78. The molecule has 0 heterocycles. The molecule has 0 saturated heterocycles. The minimum atomic E-state index is -4.03. The molecule has 90 valence electrons. The first-order chi connectivity index (χ1) is 6.73. The maximum Gasteiger partial charge on any atom is 0.391 e. The molecular weight excluding hydrogens is 203 g/mol. The van der Waals surface area contributed by atoms with E-state index in [0.29, 0.717) is 18.8 Å². The van der Waals surface area contributed by atoms with Crippen LogP contribution in [0.4, 0.5) is 13.2 Å². The highest BCUT2D eigenvalue weighted by Gasteiger charge is 2.44. The first-order valence-electron chi connectivity index (χ1n) is 5.58. The second kappa shape index (κ2) is 4.32. The highest BCUT2D eigenvalue weighted by molar-refractivity contribution is 4.91. The van der Waals surface area contributed by atoms with Crippen LogP contribution in [0.25, 0.3) is 0 Å². The molecule has 1 rings (SSSR count). The number of hydrogen-bond donors (Lipinski definition) is 1. The number of hydrogen-bond acceptors (Lipinski definition) is 1. The third kappa shape index (κ3) is 3.67. The summed E-state index contributed by atoms with van der Waals surface area (Å²) in [4.78, 5) is 0. The summed E-state index contributed by atoms with van der Waals surface area (Å²) in [5.74, 6) is -0.668. The van der Waals surface area contributed by atoms with E-state index in [2.05, 4.69) is 13.8 Å². The summed E-state index contributed by atoms with van der Waals surface area (Å²) in [5.41, 5.74) is 5.75. The predicted molar refractivity (Wildman–Crippen MR) is 54.4 cm³/mol. The number of rotatable bonds is 2. The van der Waals surface area contributed by atoms with Crippen LogP contribution in [0.1, 0.15) is 46.0 Å². The Morgan fingerprint density at radius 1 is 1.27 bits per heavy atom. The van der Waals surface area contributed by atoms with Crippen molar-refractivity contribution in [2.75, 3.05) is 0 Å². The molecule has 0 aromatic rings. The summed E-state index contributed by atoms with van der Waals surface area (Å²) < 4.78 is 37.2. The third-order valence-corrected chi connectivity index (χ3v) is 3.26. The molecule has 0 spiro atoms. The molecule has 1 aliphatic carbocycles. The predicted octanol–water partition coefficient (Wildman–Crippen LogP) is 3.48. The molecule has 4 heteroatoms. The molecule has 0 aromatic carbocycles. The summed E-state index contributed by atoms with van der Waals surface area (Å²) >= 11 is 0. The minimum absolute atomic E-state index is 0.201. The SMILES string of the molecule is CC(C)CC1(N)CCC(C(F)(F)F)CC1. The van der Waals surface area contributed by atoms with Gasteiger partial charge >= 0.3 is 6.18 Å². The minimum Gasteiger partial charge on any atom is -0.325 e. The summed E-state index contributed by atoms with van der Waals surface area (Å²) in [7, 11) is 0. The average molecular weight is 223 g/mol. The highest BCUT2D eigenvalue weighted by atomic mass is 19.4. The maximum atomic E-state index is 12.4. The van der Waals surface area contributed by atoms with Gasteiger partial charge in [0.1, 0.15) is 0 Å². The number of nitrogens with two attached hydrogens (primary N) is 1. The van der Waals surface area contributed by atoms with Crippen LogP contribution in [-0.2, 0) is 0 Å². The standard InChI is InChI=1S/C11H20F3N/c1-8(2)7-10(15)5-3-9(4-6-10)11(12,13)14/h8-9H,3-7,15H2,1-2H3. The van der Waals surface area contributed by atoms with Gasteiger partial charge in [-0.3, -0.25) is 0 Å². The molecule has 15 heavy (non-hydrogen) atoms. The van der Waals surface area contributed by atoms with Gasteiger partial charge in [-0.25, -0.2) is 0 Å². The zero-order chi connectivity index (χ0) is 11.7. The molecule has 0 amide bonds. The Labute approximate surface area is 89.2 Å². The summed E-state index contributed by atoms with van der Waals surface area (Å²) in [6.45, 7) is 4.12. The van der Waals surface area contributed by atoms with E-state index in [9.17, 15) is 13.2 Å². The van der Waals surface area contributed by atoms with Gasteiger partial charge in [0.05, 0.1) is 5.92 Å². The van der Waals surface area contributed by atoms with Crippen molar-refractivity contribution in [1.82, 2.24) is 0 Å². The van der Waals surface area contributed by atoms with Crippen LogP contribution in [-0.4, -0.2) is 11.7 Å². The van der Waals surface area contributed by atoms with Crippen molar-refractivity contribution in [2.45, 2.75) is 57.7 Å². The Hall–Kier alpha value is -0.250. The molecule has 1 saturated carbocycles. The fourth-order valence-corrected chi connectivity index (χ4v) is 2.54. The van der Waals surface area contributed by atoms with E-state index in [1.165, 1.54) is 0 Å². The quantitative estimate of drug-likeness (QED) is 0.762. The van der Waals surface area contributed by atoms with Gasteiger partial charge in [-0.15, -0.1) is 0 Å². The Morgan fingerprint density at radius 3 is 2.07 bits per heavy atom. The van der Waals surface area contributed by atoms with E-state index in [-0.39, 0.29) is 18.4 Å². The van der Waals surface area contributed by atoms with Gasteiger partial charge < -0.3 is 5.73 Å². The van der Waals surface area contributed by atoms with E-state index >= 15 is 0 Å². The van der Waals surface area contributed by atoms with Gasteiger partial charge in [-0.2, -0.15) is 13.2 Å².